The monoisotopic (exact) mass is 443 g/mol. The van der Waals surface area contributed by atoms with Gasteiger partial charge in [-0.15, -0.1) is 0 Å². The van der Waals surface area contributed by atoms with Crippen molar-refractivity contribution in [3.63, 3.8) is 0 Å². The molecule has 142 valence electrons. The number of thioether (sulfide) groups is 1. The molecule has 0 atom stereocenters. The number of nitrogens with zero attached hydrogens (tertiary/aromatic N) is 1. The minimum absolute atomic E-state index is 0.00495. The maximum atomic E-state index is 12.5. The summed E-state index contributed by atoms with van der Waals surface area (Å²) in [6, 6.07) is 3.61. The molecule has 0 spiro atoms. The zero-order chi connectivity index (χ0) is 19.3. The third-order valence-corrected chi connectivity index (χ3v) is 5.00. The third-order valence-electron chi connectivity index (χ3n) is 3.51. The molecule has 0 N–H and O–H groups in total. The predicted octanol–water partition coefficient (Wildman–Crippen LogP) is 4.32. The molecule has 6 nitrogen and oxygen atoms in total. The first-order valence-corrected chi connectivity index (χ1v) is 9.76. The number of amides is 2. The van der Waals surface area contributed by atoms with Gasteiger partial charge in [-0.1, -0.05) is 0 Å². The number of carbonyl (C=O) groups excluding carboxylic acids is 2. The molecule has 0 aliphatic carbocycles. The zero-order valence-electron chi connectivity index (χ0n) is 15.2. The molecule has 0 aromatic heterocycles. The number of rotatable bonds is 8. The fraction of sp³-hybridized carbons (Fsp3) is 0.444. The van der Waals surface area contributed by atoms with Crippen LogP contribution in [0, 0.1) is 0 Å². The lowest BCUT2D eigenvalue weighted by molar-refractivity contribution is -0.122. The standard InChI is InChI=1S/C18H22BrNO5S/c1-11(2)25-16-13(19)8-12(9-14(16)24-4)10-15-17(21)20(18(22)26-15)6-5-7-23-3/h8-11H,5-7H2,1-4H3/b15-10+. The van der Waals surface area contributed by atoms with E-state index >= 15 is 0 Å². The second-order valence-electron chi connectivity index (χ2n) is 5.88. The van der Waals surface area contributed by atoms with Gasteiger partial charge < -0.3 is 14.2 Å². The van der Waals surface area contributed by atoms with Gasteiger partial charge >= 0.3 is 0 Å². The van der Waals surface area contributed by atoms with Crippen LogP contribution in [0.1, 0.15) is 25.8 Å². The summed E-state index contributed by atoms with van der Waals surface area (Å²) in [5.74, 6) is 0.875. The highest BCUT2D eigenvalue weighted by molar-refractivity contribution is 9.10. The highest BCUT2D eigenvalue weighted by Crippen LogP contribution is 2.39. The Morgan fingerprint density at radius 2 is 2.00 bits per heavy atom. The molecule has 0 unspecified atom stereocenters. The molecule has 1 fully saturated rings. The fourth-order valence-corrected chi connectivity index (χ4v) is 3.80. The smallest absolute Gasteiger partial charge is 0.293 e. The van der Waals surface area contributed by atoms with Crippen molar-refractivity contribution < 1.29 is 23.8 Å². The van der Waals surface area contributed by atoms with Gasteiger partial charge in [0.2, 0.25) is 0 Å². The number of hydrogen-bond donors (Lipinski definition) is 0. The van der Waals surface area contributed by atoms with Crippen LogP contribution < -0.4 is 9.47 Å². The quantitative estimate of drug-likeness (QED) is 0.440. The number of hydrogen-bond acceptors (Lipinski definition) is 6. The molecule has 1 saturated heterocycles. The molecule has 1 aromatic rings. The van der Waals surface area contributed by atoms with Crippen LogP contribution in [0.15, 0.2) is 21.5 Å². The maximum Gasteiger partial charge on any atom is 0.293 e. The lowest BCUT2D eigenvalue weighted by Gasteiger charge is -2.16. The van der Waals surface area contributed by atoms with Gasteiger partial charge in [-0.05, 0) is 71.7 Å². The van der Waals surface area contributed by atoms with Gasteiger partial charge in [-0.25, -0.2) is 0 Å². The van der Waals surface area contributed by atoms with E-state index in [0.717, 1.165) is 21.8 Å². The molecule has 1 heterocycles. The van der Waals surface area contributed by atoms with Crippen molar-refractivity contribution >= 4 is 44.9 Å². The summed E-state index contributed by atoms with van der Waals surface area (Å²) in [6.07, 6.45) is 2.30. The number of benzene rings is 1. The topological polar surface area (TPSA) is 65.1 Å². The number of ether oxygens (including phenoxy) is 3. The van der Waals surface area contributed by atoms with E-state index in [1.54, 1.807) is 26.4 Å². The number of methoxy groups -OCH3 is 2. The molecule has 8 heteroatoms. The highest BCUT2D eigenvalue weighted by Gasteiger charge is 2.34. The molecule has 1 aliphatic heterocycles. The van der Waals surface area contributed by atoms with E-state index < -0.39 is 0 Å². The summed E-state index contributed by atoms with van der Waals surface area (Å²) in [6.45, 7) is 4.71. The van der Waals surface area contributed by atoms with Gasteiger partial charge in [0.05, 0.1) is 22.6 Å². The van der Waals surface area contributed by atoms with E-state index in [1.165, 1.54) is 4.90 Å². The van der Waals surface area contributed by atoms with Crippen molar-refractivity contribution in [2.45, 2.75) is 26.4 Å². The van der Waals surface area contributed by atoms with E-state index in [4.69, 9.17) is 14.2 Å². The van der Waals surface area contributed by atoms with Crippen molar-refractivity contribution in [2.24, 2.45) is 0 Å². The summed E-state index contributed by atoms with van der Waals surface area (Å²) in [5, 5.41) is -0.261. The molecule has 0 saturated carbocycles. The zero-order valence-corrected chi connectivity index (χ0v) is 17.6. The van der Waals surface area contributed by atoms with Crippen LogP contribution in [-0.4, -0.2) is 49.5 Å². The summed E-state index contributed by atoms with van der Waals surface area (Å²) in [4.78, 5) is 26.2. The Kier molecular flexibility index (Phi) is 7.55. The Bertz CT molecular complexity index is 720. The highest BCUT2D eigenvalue weighted by atomic mass is 79.9. The maximum absolute atomic E-state index is 12.5. The Morgan fingerprint density at radius 1 is 1.27 bits per heavy atom. The lowest BCUT2D eigenvalue weighted by atomic mass is 10.1. The first kappa shape index (κ1) is 20.8. The summed E-state index contributed by atoms with van der Waals surface area (Å²) in [7, 11) is 3.15. The molecule has 2 rings (SSSR count). The van der Waals surface area contributed by atoms with E-state index in [2.05, 4.69) is 15.9 Å². The van der Waals surface area contributed by atoms with E-state index in [-0.39, 0.29) is 17.3 Å². The van der Waals surface area contributed by atoms with Crippen LogP contribution >= 0.6 is 27.7 Å². The summed E-state index contributed by atoms with van der Waals surface area (Å²) < 4.78 is 16.9. The summed E-state index contributed by atoms with van der Waals surface area (Å²) in [5.41, 5.74) is 0.743. The van der Waals surface area contributed by atoms with Crippen molar-refractivity contribution in [1.82, 2.24) is 4.90 Å². The lowest BCUT2D eigenvalue weighted by Crippen LogP contribution is -2.29. The Morgan fingerprint density at radius 3 is 2.62 bits per heavy atom. The average molecular weight is 444 g/mol. The van der Waals surface area contributed by atoms with Gasteiger partial charge in [0, 0.05) is 20.3 Å². The summed E-state index contributed by atoms with van der Waals surface area (Å²) >= 11 is 4.42. The van der Waals surface area contributed by atoms with E-state index in [1.807, 2.05) is 19.9 Å². The average Bonchev–Trinajstić information content (AvgIpc) is 2.84. The second-order valence-corrected chi connectivity index (χ2v) is 7.73. The van der Waals surface area contributed by atoms with Gasteiger partial charge in [0.1, 0.15) is 0 Å². The SMILES string of the molecule is COCCCN1C(=O)S/C(=C/c2cc(Br)c(OC(C)C)c(OC)c2)C1=O. The van der Waals surface area contributed by atoms with Crippen LogP contribution in [0.4, 0.5) is 4.79 Å². The second kappa shape index (κ2) is 9.43. The van der Waals surface area contributed by atoms with Crippen molar-refractivity contribution in [2.75, 3.05) is 27.4 Å². The molecule has 0 radical (unpaired) electrons. The normalized spacial score (nSPS) is 16.1. The van der Waals surface area contributed by atoms with Crippen LogP contribution in [0.25, 0.3) is 6.08 Å². The minimum atomic E-state index is -0.284. The van der Waals surface area contributed by atoms with Crippen LogP contribution in [0.3, 0.4) is 0 Å². The number of halogens is 1. The van der Waals surface area contributed by atoms with Crippen LogP contribution in [0.5, 0.6) is 11.5 Å². The Hall–Kier alpha value is -1.51. The van der Waals surface area contributed by atoms with Crippen molar-refractivity contribution in [3.05, 3.63) is 27.1 Å². The van der Waals surface area contributed by atoms with Crippen molar-refractivity contribution in [3.8, 4) is 11.5 Å². The Labute approximate surface area is 166 Å². The molecule has 1 aromatic carbocycles. The van der Waals surface area contributed by atoms with Gasteiger partial charge in [-0.3, -0.25) is 14.5 Å². The molecular weight excluding hydrogens is 422 g/mol. The Balaban J connectivity index is 2.25. The molecule has 1 aliphatic rings. The first-order chi connectivity index (χ1) is 12.4. The molecule has 2 amide bonds. The number of carbonyl (C=O) groups is 2. The molecule has 0 bridgehead atoms. The predicted molar refractivity (Wildman–Crippen MR) is 106 cm³/mol. The van der Waals surface area contributed by atoms with Crippen molar-refractivity contribution in [1.29, 1.82) is 0 Å². The minimum Gasteiger partial charge on any atom is -0.493 e. The molecular formula is C18H22BrNO5S. The fourth-order valence-electron chi connectivity index (χ4n) is 2.38. The molecule has 26 heavy (non-hydrogen) atoms. The largest absolute Gasteiger partial charge is 0.493 e. The van der Waals surface area contributed by atoms with Gasteiger partial charge in [0.15, 0.2) is 11.5 Å². The number of imide groups is 1. The van der Waals surface area contributed by atoms with E-state index in [0.29, 0.717) is 36.0 Å². The van der Waals surface area contributed by atoms with Crippen LogP contribution in [-0.2, 0) is 9.53 Å². The third kappa shape index (κ3) is 5.02. The first-order valence-electron chi connectivity index (χ1n) is 8.15. The van der Waals surface area contributed by atoms with Gasteiger partial charge in [0.25, 0.3) is 11.1 Å². The van der Waals surface area contributed by atoms with Crippen LogP contribution in [0.2, 0.25) is 0 Å². The van der Waals surface area contributed by atoms with E-state index in [9.17, 15) is 9.59 Å². The van der Waals surface area contributed by atoms with Gasteiger partial charge in [-0.2, -0.15) is 0 Å².